The van der Waals surface area contributed by atoms with E-state index in [1.807, 2.05) is 0 Å². The van der Waals surface area contributed by atoms with Gasteiger partial charge in [-0.25, -0.2) is 0 Å². The Labute approximate surface area is 217 Å². The third-order valence-corrected chi connectivity index (χ3v) is 9.19. The van der Waals surface area contributed by atoms with E-state index in [0.717, 1.165) is 68.8 Å². The summed E-state index contributed by atoms with van der Waals surface area (Å²) >= 11 is 5.57. The third kappa shape index (κ3) is 7.39. The van der Waals surface area contributed by atoms with E-state index in [2.05, 4.69) is 55.7 Å². The normalized spacial score (nSPS) is 30.3. The summed E-state index contributed by atoms with van der Waals surface area (Å²) in [5.41, 5.74) is 1.51. The molecule has 4 unspecified atom stereocenters. The van der Waals surface area contributed by atoms with Crippen molar-refractivity contribution in [3.05, 3.63) is 35.9 Å². The molecule has 5 fully saturated rings. The fraction of sp³-hybridized carbons (Fsp3) is 0.750. The lowest BCUT2D eigenvalue weighted by Crippen LogP contribution is -2.59. The second-order valence-electron chi connectivity index (χ2n) is 11.2. The Morgan fingerprint density at radius 2 is 1.74 bits per heavy atom. The van der Waals surface area contributed by atoms with Crippen LogP contribution >= 0.6 is 12.2 Å². The van der Waals surface area contributed by atoms with E-state index in [1.165, 1.54) is 70.4 Å². The van der Waals surface area contributed by atoms with Gasteiger partial charge in [0, 0.05) is 51.9 Å². The van der Waals surface area contributed by atoms with Crippen LogP contribution in [0.1, 0.15) is 31.2 Å². The van der Waals surface area contributed by atoms with E-state index < -0.39 is 0 Å². The monoisotopic (exact) mass is 499 g/mol. The van der Waals surface area contributed by atoms with E-state index in [4.69, 9.17) is 17.0 Å². The van der Waals surface area contributed by atoms with Gasteiger partial charge >= 0.3 is 0 Å². The Morgan fingerprint density at radius 1 is 0.943 bits per heavy atom. The van der Waals surface area contributed by atoms with Gasteiger partial charge in [0.2, 0.25) is 0 Å². The summed E-state index contributed by atoms with van der Waals surface area (Å²) in [6.07, 6.45) is 6.69. The number of nitrogens with one attached hydrogen (secondary N) is 2. The molecule has 6 rings (SSSR count). The smallest absolute Gasteiger partial charge is 0.166 e. The van der Waals surface area contributed by atoms with Gasteiger partial charge in [0.15, 0.2) is 5.11 Å². The van der Waals surface area contributed by atoms with E-state index in [9.17, 15) is 0 Å². The Morgan fingerprint density at radius 3 is 2.49 bits per heavy atom. The summed E-state index contributed by atoms with van der Waals surface area (Å²) < 4.78 is 5.42. The summed E-state index contributed by atoms with van der Waals surface area (Å²) in [5.74, 6) is 2.60. The number of likely N-dealkylation sites (tertiary alicyclic amines) is 1. The van der Waals surface area contributed by atoms with Gasteiger partial charge in [-0.1, -0.05) is 30.3 Å². The molecule has 0 spiro atoms. The van der Waals surface area contributed by atoms with E-state index in [0.29, 0.717) is 6.04 Å². The van der Waals surface area contributed by atoms with E-state index in [-0.39, 0.29) is 0 Å². The standard InChI is InChI=1S/C28H45N5OS/c35-28(29-9-13-31-14-16-34-17-15-31)30-20-27-19-25-8-12-33(27)22-26(25)21-32-10-6-24(7-11-32)18-23-4-2-1-3-5-23/h1-5,24-27H,6-22H2,(H2,29,30,35). The SMILES string of the molecule is S=C(NCCN1CCOCC1)NCC1CC2CCN1CC2CN1CCC(Cc2ccccc2)CC1. The van der Waals surface area contributed by atoms with Crippen molar-refractivity contribution < 1.29 is 4.74 Å². The van der Waals surface area contributed by atoms with Crippen LogP contribution in [0.4, 0.5) is 0 Å². The molecule has 0 radical (unpaired) electrons. The molecule has 1 aromatic rings. The average molecular weight is 500 g/mol. The lowest BCUT2D eigenvalue weighted by atomic mass is 9.75. The fourth-order valence-corrected chi connectivity index (χ4v) is 6.93. The van der Waals surface area contributed by atoms with Crippen LogP contribution in [0.2, 0.25) is 0 Å². The van der Waals surface area contributed by atoms with Crippen LogP contribution in [0, 0.1) is 17.8 Å². The molecular formula is C28H45N5OS. The highest BCUT2D eigenvalue weighted by Crippen LogP contribution is 2.37. The maximum Gasteiger partial charge on any atom is 0.166 e. The van der Waals surface area contributed by atoms with Gasteiger partial charge in [0.05, 0.1) is 13.2 Å². The number of hydrogen-bond donors (Lipinski definition) is 2. The number of rotatable bonds is 9. The maximum atomic E-state index is 5.57. The highest BCUT2D eigenvalue weighted by atomic mass is 32.1. The quantitative estimate of drug-likeness (QED) is 0.506. The lowest BCUT2D eigenvalue weighted by Gasteiger charge is -2.51. The largest absolute Gasteiger partial charge is 0.379 e. The molecule has 5 heterocycles. The number of nitrogens with zero attached hydrogens (tertiary/aromatic N) is 3. The van der Waals surface area contributed by atoms with Crippen LogP contribution in [0.3, 0.4) is 0 Å². The Balaban J connectivity index is 0.976. The van der Waals surface area contributed by atoms with Crippen molar-refractivity contribution in [2.24, 2.45) is 17.8 Å². The molecule has 4 atom stereocenters. The molecule has 5 saturated heterocycles. The number of fused-ring (bicyclic) bond motifs is 3. The Kier molecular flexibility index (Phi) is 9.30. The number of benzene rings is 1. The summed E-state index contributed by atoms with van der Waals surface area (Å²) in [6, 6.07) is 11.7. The molecule has 0 saturated carbocycles. The van der Waals surface area contributed by atoms with Crippen molar-refractivity contribution in [3.63, 3.8) is 0 Å². The summed E-state index contributed by atoms with van der Waals surface area (Å²) in [5, 5.41) is 7.74. The number of morpholine rings is 1. The van der Waals surface area contributed by atoms with Crippen LogP contribution in [0.25, 0.3) is 0 Å². The first-order valence-electron chi connectivity index (χ1n) is 14.0. The van der Waals surface area contributed by atoms with Gasteiger partial charge in [-0.15, -0.1) is 0 Å². The molecule has 5 aliphatic rings. The summed E-state index contributed by atoms with van der Waals surface area (Å²) in [7, 11) is 0. The van der Waals surface area contributed by atoms with Crippen molar-refractivity contribution in [2.75, 3.05) is 78.7 Å². The third-order valence-electron chi connectivity index (χ3n) is 8.90. The Hall–Kier alpha value is -1.25. The predicted molar refractivity (Wildman–Crippen MR) is 147 cm³/mol. The van der Waals surface area contributed by atoms with Crippen LogP contribution < -0.4 is 10.6 Å². The van der Waals surface area contributed by atoms with Gasteiger partial charge in [-0.3, -0.25) is 9.80 Å². The van der Waals surface area contributed by atoms with Gasteiger partial charge in [0.25, 0.3) is 0 Å². The van der Waals surface area contributed by atoms with E-state index in [1.54, 1.807) is 0 Å². The zero-order chi connectivity index (χ0) is 23.9. The van der Waals surface area contributed by atoms with Crippen LogP contribution in [-0.4, -0.2) is 105 Å². The zero-order valence-corrected chi connectivity index (χ0v) is 22.2. The second kappa shape index (κ2) is 12.8. The minimum atomic E-state index is 0.639. The number of piperidine rings is 4. The highest BCUT2D eigenvalue weighted by Gasteiger charge is 2.40. The van der Waals surface area contributed by atoms with Crippen LogP contribution in [0.5, 0.6) is 0 Å². The van der Waals surface area contributed by atoms with Crippen LogP contribution in [-0.2, 0) is 11.2 Å². The first-order valence-corrected chi connectivity index (χ1v) is 14.5. The number of thiocarbonyl (C=S) groups is 1. The first kappa shape index (κ1) is 25.4. The van der Waals surface area contributed by atoms with Crippen molar-refractivity contribution in [1.82, 2.24) is 25.3 Å². The minimum absolute atomic E-state index is 0.639. The van der Waals surface area contributed by atoms with Crippen molar-refractivity contribution in [2.45, 2.75) is 38.1 Å². The van der Waals surface area contributed by atoms with Crippen molar-refractivity contribution >= 4 is 17.3 Å². The second-order valence-corrected chi connectivity index (χ2v) is 11.6. The predicted octanol–water partition coefficient (Wildman–Crippen LogP) is 2.45. The molecular weight excluding hydrogens is 454 g/mol. The highest BCUT2D eigenvalue weighted by molar-refractivity contribution is 7.80. The molecule has 0 aromatic heterocycles. The first-order chi connectivity index (χ1) is 17.2. The number of ether oxygens (including phenoxy) is 1. The molecule has 0 aliphatic carbocycles. The molecule has 1 aromatic carbocycles. The molecule has 7 heteroatoms. The van der Waals surface area contributed by atoms with Gasteiger partial charge in [-0.05, 0) is 87.3 Å². The van der Waals surface area contributed by atoms with Gasteiger partial charge in [0.1, 0.15) is 0 Å². The topological polar surface area (TPSA) is 43.0 Å². The lowest BCUT2D eigenvalue weighted by molar-refractivity contribution is -0.0142. The molecule has 35 heavy (non-hydrogen) atoms. The molecule has 2 N–H and O–H groups in total. The van der Waals surface area contributed by atoms with Gasteiger partial charge < -0.3 is 20.3 Å². The fourth-order valence-electron chi connectivity index (χ4n) is 6.75. The summed E-state index contributed by atoms with van der Waals surface area (Å²) in [6.45, 7) is 13.1. The van der Waals surface area contributed by atoms with Crippen molar-refractivity contribution in [3.8, 4) is 0 Å². The zero-order valence-electron chi connectivity index (χ0n) is 21.4. The van der Waals surface area contributed by atoms with Gasteiger partial charge in [-0.2, -0.15) is 0 Å². The molecule has 194 valence electrons. The molecule has 5 aliphatic heterocycles. The van der Waals surface area contributed by atoms with Crippen LogP contribution in [0.15, 0.2) is 30.3 Å². The summed E-state index contributed by atoms with van der Waals surface area (Å²) in [4.78, 5) is 7.96. The molecule has 2 bridgehead atoms. The molecule has 6 nitrogen and oxygen atoms in total. The Bertz CT molecular complexity index is 781. The van der Waals surface area contributed by atoms with E-state index >= 15 is 0 Å². The molecule has 0 amide bonds. The van der Waals surface area contributed by atoms with Crippen molar-refractivity contribution in [1.29, 1.82) is 0 Å². The minimum Gasteiger partial charge on any atom is -0.379 e. The maximum absolute atomic E-state index is 5.57. The average Bonchev–Trinajstić information content (AvgIpc) is 2.90. The number of hydrogen-bond acceptors (Lipinski definition) is 5.